The summed E-state index contributed by atoms with van der Waals surface area (Å²) >= 11 is 3.04. The molecule has 0 radical (unpaired) electrons. The second-order valence-corrected chi connectivity index (χ2v) is 4.71. The molecule has 0 saturated heterocycles. The maximum Gasteiger partial charge on any atom is 0.289 e. The highest BCUT2D eigenvalue weighted by atomic mass is 79.9. The highest BCUT2D eigenvalue weighted by Gasteiger charge is 2.14. The van der Waals surface area contributed by atoms with Crippen molar-refractivity contribution in [3.63, 3.8) is 0 Å². The quantitative estimate of drug-likeness (QED) is 0.676. The van der Waals surface area contributed by atoms with Gasteiger partial charge >= 0.3 is 0 Å². The summed E-state index contributed by atoms with van der Waals surface area (Å²) in [6, 6.07) is 10.2. The molecule has 2 rings (SSSR count). The lowest BCUT2D eigenvalue weighted by Crippen LogP contribution is -1.96. The van der Waals surface area contributed by atoms with Gasteiger partial charge in [0.25, 0.3) is 5.69 Å². The SMILES string of the molecule is N#Cc1ccc(Nc2ccc(Br)c(F)c2)cc1[N+](=O)[O-]. The predicted molar refractivity (Wildman–Crippen MR) is 75.2 cm³/mol. The summed E-state index contributed by atoms with van der Waals surface area (Å²) < 4.78 is 13.7. The third kappa shape index (κ3) is 2.92. The van der Waals surface area contributed by atoms with Gasteiger partial charge in [0, 0.05) is 17.4 Å². The molecule has 0 spiro atoms. The largest absolute Gasteiger partial charge is 0.355 e. The van der Waals surface area contributed by atoms with Crippen LogP contribution in [-0.4, -0.2) is 4.92 Å². The summed E-state index contributed by atoms with van der Waals surface area (Å²) in [5.41, 5.74) is 0.528. The highest BCUT2D eigenvalue weighted by Crippen LogP contribution is 2.26. The average molecular weight is 336 g/mol. The van der Waals surface area contributed by atoms with Crippen LogP contribution in [0.15, 0.2) is 40.9 Å². The number of anilines is 2. The van der Waals surface area contributed by atoms with E-state index in [4.69, 9.17) is 5.26 Å². The van der Waals surface area contributed by atoms with E-state index in [1.165, 1.54) is 30.3 Å². The van der Waals surface area contributed by atoms with E-state index in [2.05, 4.69) is 21.2 Å². The summed E-state index contributed by atoms with van der Waals surface area (Å²) in [7, 11) is 0. The van der Waals surface area contributed by atoms with E-state index in [-0.39, 0.29) is 11.3 Å². The monoisotopic (exact) mass is 335 g/mol. The molecule has 0 fully saturated rings. The van der Waals surface area contributed by atoms with Gasteiger partial charge in [-0.15, -0.1) is 0 Å². The lowest BCUT2D eigenvalue weighted by molar-refractivity contribution is -0.385. The van der Waals surface area contributed by atoms with Gasteiger partial charge in [0.2, 0.25) is 0 Å². The molecule has 0 aliphatic carbocycles. The molecule has 0 atom stereocenters. The average Bonchev–Trinajstić information content (AvgIpc) is 2.43. The molecule has 0 aliphatic rings. The van der Waals surface area contributed by atoms with Crippen LogP contribution in [0.5, 0.6) is 0 Å². The van der Waals surface area contributed by atoms with Gasteiger partial charge in [0.1, 0.15) is 17.4 Å². The Hall–Kier alpha value is -2.46. The smallest absolute Gasteiger partial charge is 0.289 e. The van der Waals surface area contributed by atoms with Crippen molar-refractivity contribution in [1.29, 1.82) is 5.26 Å². The van der Waals surface area contributed by atoms with Crippen molar-refractivity contribution in [3.05, 3.63) is 62.4 Å². The zero-order valence-electron chi connectivity index (χ0n) is 9.93. The van der Waals surface area contributed by atoms with Crippen molar-refractivity contribution < 1.29 is 9.31 Å². The first kappa shape index (κ1) is 14.0. The standard InChI is InChI=1S/C13H7BrFN3O2/c14-11-4-3-9(5-12(11)15)17-10-2-1-8(7-16)13(6-10)18(19)20/h1-6,17H. The molecule has 2 aromatic carbocycles. The van der Waals surface area contributed by atoms with Crippen LogP contribution in [0.25, 0.3) is 0 Å². The third-order valence-corrected chi connectivity index (χ3v) is 3.17. The molecule has 0 unspecified atom stereocenters. The molecule has 5 nitrogen and oxygen atoms in total. The van der Waals surface area contributed by atoms with Crippen LogP contribution in [0.1, 0.15) is 5.56 Å². The van der Waals surface area contributed by atoms with Crippen LogP contribution in [0, 0.1) is 27.3 Å². The fourth-order valence-corrected chi connectivity index (χ4v) is 1.84. The van der Waals surface area contributed by atoms with Gasteiger partial charge in [-0.05, 0) is 46.3 Å². The van der Waals surface area contributed by atoms with E-state index in [0.717, 1.165) is 0 Å². The molecule has 0 bridgehead atoms. The van der Waals surface area contributed by atoms with Gasteiger partial charge < -0.3 is 5.32 Å². The van der Waals surface area contributed by atoms with E-state index in [1.54, 1.807) is 12.1 Å². The van der Waals surface area contributed by atoms with E-state index in [9.17, 15) is 14.5 Å². The second kappa shape index (κ2) is 5.67. The van der Waals surface area contributed by atoms with E-state index >= 15 is 0 Å². The molecule has 1 N–H and O–H groups in total. The van der Waals surface area contributed by atoms with Gasteiger partial charge in [0.05, 0.1) is 9.40 Å². The minimum Gasteiger partial charge on any atom is -0.355 e. The normalized spacial score (nSPS) is 9.85. The maximum absolute atomic E-state index is 13.4. The lowest BCUT2D eigenvalue weighted by atomic mass is 10.1. The summed E-state index contributed by atoms with van der Waals surface area (Å²) in [6.07, 6.45) is 0. The molecular weight excluding hydrogens is 329 g/mol. The van der Waals surface area contributed by atoms with Crippen molar-refractivity contribution >= 4 is 33.0 Å². The van der Waals surface area contributed by atoms with Gasteiger partial charge in [-0.2, -0.15) is 5.26 Å². The first-order valence-electron chi connectivity index (χ1n) is 5.42. The Balaban J connectivity index is 2.34. The number of hydrogen-bond acceptors (Lipinski definition) is 4. The molecule has 0 saturated carbocycles. The number of rotatable bonds is 3. The zero-order chi connectivity index (χ0) is 14.7. The first-order chi connectivity index (χ1) is 9.51. The molecule has 0 amide bonds. The van der Waals surface area contributed by atoms with Crippen molar-refractivity contribution in [2.45, 2.75) is 0 Å². The van der Waals surface area contributed by atoms with Crippen molar-refractivity contribution in [2.24, 2.45) is 0 Å². The fourth-order valence-electron chi connectivity index (χ4n) is 1.60. The molecule has 20 heavy (non-hydrogen) atoms. The molecular formula is C13H7BrFN3O2. The molecule has 0 aromatic heterocycles. The minimum atomic E-state index is -0.633. The number of nitrogens with one attached hydrogen (secondary N) is 1. The van der Waals surface area contributed by atoms with Gasteiger partial charge in [-0.25, -0.2) is 4.39 Å². The van der Waals surface area contributed by atoms with Crippen LogP contribution in [0.2, 0.25) is 0 Å². The lowest BCUT2D eigenvalue weighted by Gasteiger charge is -2.07. The first-order valence-corrected chi connectivity index (χ1v) is 6.21. The van der Waals surface area contributed by atoms with Crippen molar-refractivity contribution in [2.75, 3.05) is 5.32 Å². The van der Waals surface area contributed by atoms with Gasteiger partial charge in [0.15, 0.2) is 0 Å². The maximum atomic E-state index is 13.4. The van der Waals surface area contributed by atoms with Crippen molar-refractivity contribution in [1.82, 2.24) is 0 Å². The fraction of sp³-hybridized carbons (Fsp3) is 0. The number of benzene rings is 2. The van der Waals surface area contributed by atoms with Gasteiger partial charge in [-0.1, -0.05) is 0 Å². The van der Waals surface area contributed by atoms with Crippen molar-refractivity contribution in [3.8, 4) is 6.07 Å². The second-order valence-electron chi connectivity index (χ2n) is 3.85. The Labute approximate surface area is 121 Å². The van der Waals surface area contributed by atoms with Crippen LogP contribution >= 0.6 is 15.9 Å². The summed E-state index contributed by atoms with van der Waals surface area (Å²) in [5.74, 6) is -0.446. The number of halogens is 2. The van der Waals surface area contributed by atoms with E-state index in [1.807, 2.05) is 0 Å². The Morgan fingerprint density at radius 3 is 2.50 bits per heavy atom. The molecule has 0 heterocycles. The number of nitrogens with zero attached hydrogens (tertiary/aromatic N) is 2. The molecule has 100 valence electrons. The van der Waals surface area contributed by atoms with Crippen LogP contribution in [-0.2, 0) is 0 Å². The Bertz CT molecular complexity index is 728. The minimum absolute atomic E-state index is 0.0254. The summed E-state index contributed by atoms with van der Waals surface area (Å²) in [4.78, 5) is 10.2. The topological polar surface area (TPSA) is 79.0 Å². The Morgan fingerprint density at radius 1 is 1.25 bits per heavy atom. The number of nitro benzene ring substituents is 1. The number of nitro groups is 1. The third-order valence-electron chi connectivity index (χ3n) is 2.52. The number of nitriles is 1. The highest BCUT2D eigenvalue weighted by molar-refractivity contribution is 9.10. The summed E-state index contributed by atoms with van der Waals surface area (Å²) in [5, 5.41) is 22.5. The van der Waals surface area contributed by atoms with E-state index in [0.29, 0.717) is 15.8 Å². The van der Waals surface area contributed by atoms with E-state index < -0.39 is 10.7 Å². The molecule has 2 aromatic rings. The zero-order valence-corrected chi connectivity index (χ0v) is 11.5. The Kier molecular flexibility index (Phi) is 3.96. The molecule has 0 aliphatic heterocycles. The Morgan fingerprint density at radius 2 is 1.90 bits per heavy atom. The number of hydrogen-bond donors (Lipinski definition) is 1. The van der Waals surface area contributed by atoms with Gasteiger partial charge in [-0.3, -0.25) is 10.1 Å². The van der Waals surface area contributed by atoms with Crippen LogP contribution in [0.4, 0.5) is 21.5 Å². The summed E-state index contributed by atoms with van der Waals surface area (Å²) in [6.45, 7) is 0. The molecule has 7 heteroatoms. The predicted octanol–water partition coefficient (Wildman–Crippen LogP) is 4.11. The van der Waals surface area contributed by atoms with Crippen LogP contribution < -0.4 is 5.32 Å². The van der Waals surface area contributed by atoms with Crippen LogP contribution in [0.3, 0.4) is 0 Å².